The molecular weight excluding hydrogens is 434 g/mol. The summed E-state index contributed by atoms with van der Waals surface area (Å²) in [6, 6.07) is 14.3. The molecule has 5 rings (SSSR count). The molecule has 0 saturated heterocycles. The molecule has 0 atom stereocenters. The maximum atomic E-state index is 12.8. The first-order chi connectivity index (χ1) is 16.6. The number of aromatic nitrogens is 6. The first-order valence-electron chi connectivity index (χ1n) is 10.7. The summed E-state index contributed by atoms with van der Waals surface area (Å²) in [7, 11) is 0. The number of carbonyl (C=O) groups is 1. The maximum absolute atomic E-state index is 12.8. The molecule has 0 fully saturated rings. The summed E-state index contributed by atoms with van der Waals surface area (Å²) >= 11 is 0. The highest BCUT2D eigenvalue weighted by molar-refractivity contribution is 5.91. The number of H-pyrrole nitrogens is 1. The highest BCUT2D eigenvalue weighted by Crippen LogP contribution is 2.16. The van der Waals surface area contributed by atoms with Crippen molar-refractivity contribution in [1.29, 1.82) is 0 Å². The lowest BCUT2D eigenvalue weighted by Gasteiger charge is -2.10. The van der Waals surface area contributed by atoms with Crippen molar-refractivity contribution in [2.75, 3.05) is 12.3 Å². The Morgan fingerprint density at radius 1 is 1.06 bits per heavy atom. The number of para-hydroxylation sites is 1. The van der Waals surface area contributed by atoms with E-state index in [0.717, 1.165) is 5.56 Å². The van der Waals surface area contributed by atoms with Gasteiger partial charge in [0.15, 0.2) is 11.5 Å². The summed E-state index contributed by atoms with van der Waals surface area (Å²) in [6.07, 6.45) is 3.91. The third-order valence-corrected chi connectivity index (χ3v) is 5.46. The Morgan fingerprint density at radius 3 is 2.79 bits per heavy atom. The number of benzene rings is 2. The van der Waals surface area contributed by atoms with E-state index in [1.54, 1.807) is 36.7 Å². The van der Waals surface area contributed by atoms with Gasteiger partial charge < -0.3 is 20.0 Å². The first kappa shape index (κ1) is 21.3. The van der Waals surface area contributed by atoms with Crippen molar-refractivity contribution in [3.63, 3.8) is 0 Å². The summed E-state index contributed by atoms with van der Waals surface area (Å²) in [6.45, 7) is 0.780. The van der Waals surface area contributed by atoms with E-state index >= 15 is 0 Å². The minimum Gasteiger partial charge on any atom is -0.462 e. The van der Waals surface area contributed by atoms with E-state index in [1.807, 2.05) is 22.8 Å². The van der Waals surface area contributed by atoms with Crippen LogP contribution in [0.5, 0.6) is 0 Å². The molecule has 3 aromatic heterocycles. The van der Waals surface area contributed by atoms with Crippen LogP contribution < -0.4 is 11.3 Å². The van der Waals surface area contributed by atoms with Gasteiger partial charge in [-0.25, -0.2) is 24.7 Å². The molecular formula is C24H21N7O3. The third-order valence-electron chi connectivity index (χ3n) is 5.46. The molecule has 3 N–H and O–H groups in total. The van der Waals surface area contributed by atoms with Gasteiger partial charge in [-0.15, -0.1) is 0 Å². The van der Waals surface area contributed by atoms with Gasteiger partial charge in [0.2, 0.25) is 0 Å². The van der Waals surface area contributed by atoms with Gasteiger partial charge in [0.05, 0.1) is 29.4 Å². The highest BCUT2D eigenvalue weighted by Gasteiger charge is 2.15. The lowest BCUT2D eigenvalue weighted by Crippen LogP contribution is -2.14. The number of nitrogens with two attached hydrogens (primary N) is 1. The van der Waals surface area contributed by atoms with E-state index in [4.69, 9.17) is 10.5 Å². The Kier molecular flexibility index (Phi) is 5.69. The largest absolute Gasteiger partial charge is 0.462 e. The number of aryl methyl sites for hydroxylation is 1. The molecule has 3 heterocycles. The number of ether oxygens (including phenoxy) is 1. The summed E-state index contributed by atoms with van der Waals surface area (Å²) in [5, 5.41) is 0.527. The van der Waals surface area contributed by atoms with Crippen molar-refractivity contribution in [3.05, 3.63) is 88.5 Å². The topological polar surface area (TPSA) is 142 Å². The van der Waals surface area contributed by atoms with E-state index in [9.17, 15) is 9.59 Å². The number of hydrogen-bond acceptors (Lipinski definition) is 8. The standard InChI is InChI=1S/C24H21N7O3/c25-21-20-22(27-13-26-21)31(14-28-20)10-5-11-34-24(33)16-7-2-1-6-15(16)12-19-29-18-9-4-3-8-17(18)23(32)30-19/h1-4,6-9,13-14H,5,10-12H2,(H2,25,26,27)(H,29,30,32). The van der Waals surface area contributed by atoms with Crippen LogP contribution in [0.4, 0.5) is 5.82 Å². The second-order valence-electron chi connectivity index (χ2n) is 7.72. The summed E-state index contributed by atoms with van der Waals surface area (Å²) < 4.78 is 7.36. The van der Waals surface area contributed by atoms with E-state index in [-0.39, 0.29) is 12.2 Å². The SMILES string of the molecule is Nc1ncnc2c1ncn2CCCOC(=O)c1ccccc1Cc1nc2ccccc2c(=O)[nH]1. The number of carbonyl (C=O) groups excluding carboxylic acids is 1. The zero-order chi connectivity index (χ0) is 23.5. The molecule has 0 aliphatic heterocycles. The highest BCUT2D eigenvalue weighted by atomic mass is 16.5. The Hall–Kier alpha value is -4.60. The molecule has 34 heavy (non-hydrogen) atoms. The van der Waals surface area contributed by atoms with Crippen LogP contribution in [0, 0.1) is 0 Å². The van der Waals surface area contributed by atoms with Gasteiger partial charge in [0.1, 0.15) is 17.7 Å². The van der Waals surface area contributed by atoms with Gasteiger partial charge in [-0.1, -0.05) is 30.3 Å². The molecule has 0 aliphatic carbocycles. The zero-order valence-corrected chi connectivity index (χ0v) is 18.1. The van der Waals surface area contributed by atoms with Gasteiger partial charge in [-0.2, -0.15) is 0 Å². The van der Waals surface area contributed by atoms with Crippen LogP contribution in [-0.4, -0.2) is 42.1 Å². The van der Waals surface area contributed by atoms with Crippen molar-refractivity contribution in [2.45, 2.75) is 19.4 Å². The minimum atomic E-state index is -0.430. The summed E-state index contributed by atoms with van der Waals surface area (Å²) in [5.41, 5.74) is 8.56. The van der Waals surface area contributed by atoms with Gasteiger partial charge in [-0.05, 0) is 30.2 Å². The number of anilines is 1. The van der Waals surface area contributed by atoms with Gasteiger partial charge in [-0.3, -0.25) is 4.79 Å². The molecule has 2 aromatic carbocycles. The monoisotopic (exact) mass is 455 g/mol. The number of fused-ring (bicyclic) bond motifs is 2. The van der Waals surface area contributed by atoms with E-state index in [1.165, 1.54) is 6.33 Å². The molecule has 0 saturated carbocycles. The molecule has 0 aliphatic rings. The van der Waals surface area contributed by atoms with E-state index < -0.39 is 5.97 Å². The summed E-state index contributed by atoms with van der Waals surface area (Å²) in [4.78, 5) is 44.9. The number of nitrogens with zero attached hydrogens (tertiary/aromatic N) is 5. The molecule has 0 bridgehead atoms. The van der Waals surface area contributed by atoms with Crippen LogP contribution in [0.2, 0.25) is 0 Å². The molecule has 5 aromatic rings. The molecule has 10 heteroatoms. The van der Waals surface area contributed by atoms with E-state index in [2.05, 4.69) is 24.9 Å². The number of nitrogen functional groups attached to an aromatic ring is 1. The molecule has 0 spiro atoms. The van der Waals surface area contributed by atoms with Crippen LogP contribution in [0.3, 0.4) is 0 Å². The predicted molar refractivity (Wildman–Crippen MR) is 126 cm³/mol. The van der Waals surface area contributed by atoms with Crippen LogP contribution in [0.1, 0.15) is 28.2 Å². The van der Waals surface area contributed by atoms with Crippen LogP contribution in [0.15, 0.2) is 66.0 Å². The number of hydrogen-bond donors (Lipinski definition) is 2. The zero-order valence-electron chi connectivity index (χ0n) is 18.1. The number of imidazole rings is 1. The van der Waals surface area contributed by atoms with Crippen LogP contribution >= 0.6 is 0 Å². The number of aromatic amines is 1. The number of esters is 1. The normalized spacial score (nSPS) is 11.2. The average Bonchev–Trinajstić information content (AvgIpc) is 3.26. The van der Waals surface area contributed by atoms with Crippen LogP contribution in [-0.2, 0) is 17.7 Å². The predicted octanol–water partition coefficient (Wildman–Crippen LogP) is 2.48. The fourth-order valence-electron chi connectivity index (χ4n) is 3.81. The average molecular weight is 455 g/mol. The van der Waals surface area contributed by atoms with Crippen LogP contribution in [0.25, 0.3) is 22.1 Å². The Labute approximate surface area is 193 Å². The Bertz CT molecular complexity index is 1560. The van der Waals surface area contributed by atoms with Crippen molar-refractivity contribution in [1.82, 2.24) is 29.5 Å². The van der Waals surface area contributed by atoms with E-state index in [0.29, 0.717) is 58.7 Å². The lowest BCUT2D eigenvalue weighted by molar-refractivity contribution is 0.0495. The van der Waals surface area contributed by atoms with Crippen molar-refractivity contribution in [3.8, 4) is 0 Å². The second kappa shape index (κ2) is 9.10. The molecule has 0 radical (unpaired) electrons. The number of nitrogens with one attached hydrogen (secondary N) is 1. The fourth-order valence-corrected chi connectivity index (χ4v) is 3.81. The van der Waals surface area contributed by atoms with Crippen molar-refractivity contribution in [2.24, 2.45) is 0 Å². The van der Waals surface area contributed by atoms with Crippen molar-refractivity contribution >= 4 is 33.9 Å². The van der Waals surface area contributed by atoms with Gasteiger partial charge in [0, 0.05) is 13.0 Å². The third kappa shape index (κ3) is 4.20. The Balaban J connectivity index is 1.25. The molecule has 0 unspecified atom stereocenters. The fraction of sp³-hybridized carbons (Fsp3) is 0.167. The summed E-state index contributed by atoms with van der Waals surface area (Å²) in [5.74, 6) is 0.382. The quantitative estimate of drug-likeness (QED) is 0.282. The Morgan fingerprint density at radius 2 is 1.88 bits per heavy atom. The van der Waals surface area contributed by atoms with Gasteiger partial charge >= 0.3 is 5.97 Å². The first-order valence-corrected chi connectivity index (χ1v) is 10.7. The van der Waals surface area contributed by atoms with Gasteiger partial charge in [0.25, 0.3) is 5.56 Å². The minimum absolute atomic E-state index is 0.209. The second-order valence-corrected chi connectivity index (χ2v) is 7.72. The number of rotatable bonds is 7. The molecule has 0 amide bonds. The van der Waals surface area contributed by atoms with Crippen molar-refractivity contribution < 1.29 is 9.53 Å². The molecule has 10 nitrogen and oxygen atoms in total. The molecule has 170 valence electrons. The maximum Gasteiger partial charge on any atom is 0.338 e. The smallest absolute Gasteiger partial charge is 0.338 e. The lowest BCUT2D eigenvalue weighted by atomic mass is 10.0.